The Kier molecular flexibility index (Phi) is 6.31. The predicted molar refractivity (Wildman–Crippen MR) is 59.6 cm³/mol. The monoisotopic (exact) mass is 222 g/mol. The molecule has 0 aliphatic carbocycles. The van der Waals surface area contributed by atoms with Gasteiger partial charge in [-0.25, -0.2) is 12.7 Å². The van der Waals surface area contributed by atoms with Gasteiger partial charge in [-0.05, 0) is 32.7 Å². The number of rotatable bonds is 7. The summed E-state index contributed by atoms with van der Waals surface area (Å²) >= 11 is 0. The molecule has 86 valence electrons. The zero-order valence-electron chi connectivity index (χ0n) is 9.36. The molecule has 0 saturated heterocycles. The molecule has 0 rings (SSSR count). The first-order chi connectivity index (χ1) is 6.45. The summed E-state index contributed by atoms with van der Waals surface area (Å²) in [5, 5.41) is 0. The Morgan fingerprint density at radius 1 is 1.36 bits per heavy atom. The fourth-order valence-electron chi connectivity index (χ4n) is 1.10. The Balaban J connectivity index is 4.17. The van der Waals surface area contributed by atoms with Gasteiger partial charge in [-0.2, -0.15) is 0 Å². The molecule has 0 aromatic heterocycles. The summed E-state index contributed by atoms with van der Waals surface area (Å²) in [5.41, 5.74) is 5.31. The van der Waals surface area contributed by atoms with Crippen LogP contribution in [0.3, 0.4) is 0 Å². The van der Waals surface area contributed by atoms with Crippen LogP contribution in [0.25, 0.3) is 0 Å². The van der Waals surface area contributed by atoms with Crippen LogP contribution in [0, 0.1) is 0 Å². The maximum atomic E-state index is 11.7. The van der Waals surface area contributed by atoms with Crippen LogP contribution < -0.4 is 5.73 Å². The van der Waals surface area contributed by atoms with E-state index in [9.17, 15) is 8.42 Å². The Morgan fingerprint density at radius 2 is 1.93 bits per heavy atom. The van der Waals surface area contributed by atoms with Gasteiger partial charge in [0.2, 0.25) is 10.0 Å². The largest absolute Gasteiger partial charge is 0.330 e. The average Bonchev–Trinajstić information content (AvgIpc) is 2.15. The molecule has 0 heterocycles. The Bertz CT molecular complexity index is 239. The Morgan fingerprint density at radius 3 is 2.36 bits per heavy atom. The summed E-state index contributed by atoms with van der Waals surface area (Å²) in [6, 6.07) is 0.0814. The van der Waals surface area contributed by atoms with Crippen molar-refractivity contribution in [3.05, 3.63) is 0 Å². The van der Waals surface area contributed by atoms with E-state index in [0.717, 1.165) is 12.8 Å². The van der Waals surface area contributed by atoms with Gasteiger partial charge in [0.05, 0.1) is 5.75 Å². The minimum Gasteiger partial charge on any atom is -0.330 e. The van der Waals surface area contributed by atoms with Crippen LogP contribution in [0.15, 0.2) is 0 Å². The molecule has 2 N–H and O–H groups in total. The molecule has 0 spiro atoms. The number of sulfonamides is 1. The zero-order valence-corrected chi connectivity index (χ0v) is 10.2. The second-order valence-corrected chi connectivity index (χ2v) is 5.73. The highest BCUT2D eigenvalue weighted by atomic mass is 32.2. The topological polar surface area (TPSA) is 63.4 Å². The van der Waals surface area contributed by atoms with Crippen molar-refractivity contribution in [1.29, 1.82) is 0 Å². The molecular formula is C9H22N2O2S. The van der Waals surface area contributed by atoms with Crippen LogP contribution >= 0.6 is 0 Å². The molecule has 0 radical (unpaired) electrons. The second-order valence-electron chi connectivity index (χ2n) is 3.59. The number of hydrogen-bond acceptors (Lipinski definition) is 3. The lowest BCUT2D eigenvalue weighted by Gasteiger charge is -2.22. The summed E-state index contributed by atoms with van der Waals surface area (Å²) in [6.45, 7) is 4.46. The lowest BCUT2D eigenvalue weighted by Crippen LogP contribution is -2.36. The van der Waals surface area contributed by atoms with Crippen LogP contribution in [0.1, 0.15) is 33.1 Å². The van der Waals surface area contributed by atoms with E-state index in [0.29, 0.717) is 13.0 Å². The highest BCUT2D eigenvalue weighted by Gasteiger charge is 2.20. The molecule has 1 unspecified atom stereocenters. The summed E-state index contributed by atoms with van der Waals surface area (Å²) in [7, 11) is -1.42. The highest BCUT2D eigenvalue weighted by molar-refractivity contribution is 7.89. The lowest BCUT2D eigenvalue weighted by atomic mass is 10.3. The van der Waals surface area contributed by atoms with Crippen LogP contribution in [0.2, 0.25) is 0 Å². The minimum atomic E-state index is -3.07. The quantitative estimate of drug-likeness (QED) is 0.648. The molecule has 0 fully saturated rings. The van der Waals surface area contributed by atoms with Gasteiger partial charge in [-0.3, -0.25) is 0 Å². The van der Waals surface area contributed by atoms with Crippen molar-refractivity contribution in [3.8, 4) is 0 Å². The molecule has 0 aliphatic heterocycles. The smallest absolute Gasteiger partial charge is 0.214 e. The second kappa shape index (κ2) is 6.37. The van der Waals surface area contributed by atoms with Gasteiger partial charge in [-0.15, -0.1) is 0 Å². The first-order valence-corrected chi connectivity index (χ1v) is 6.72. The van der Waals surface area contributed by atoms with Gasteiger partial charge in [0.15, 0.2) is 0 Å². The molecule has 0 aromatic carbocycles. The molecule has 1 atom stereocenters. The highest BCUT2D eigenvalue weighted by Crippen LogP contribution is 2.09. The average molecular weight is 222 g/mol. The van der Waals surface area contributed by atoms with Gasteiger partial charge in [0, 0.05) is 13.1 Å². The molecule has 0 aromatic rings. The molecule has 14 heavy (non-hydrogen) atoms. The number of hydrogen-bond donors (Lipinski definition) is 1. The zero-order chi connectivity index (χ0) is 11.2. The van der Waals surface area contributed by atoms with E-state index < -0.39 is 10.0 Å². The van der Waals surface area contributed by atoms with Gasteiger partial charge < -0.3 is 5.73 Å². The molecule has 0 saturated carbocycles. The minimum absolute atomic E-state index is 0.0814. The van der Waals surface area contributed by atoms with Crippen molar-refractivity contribution in [2.75, 3.05) is 19.3 Å². The van der Waals surface area contributed by atoms with E-state index in [1.165, 1.54) is 4.31 Å². The van der Waals surface area contributed by atoms with Gasteiger partial charge >= 0.3 is 0 Å². The van der Waals surface area contributed by atoms with Crippen LogP contribution in [0.4, 0.5) is 0 Å². The predicted octanol–water partition coefficient (Wildman–Crippen LogP) is 0.785. The maximum absolute atomic E-state index is 11.7. The van der Waals surface area contributed by atoms with E-state index in [4.69, 9.17) is 5.73 Å². The van der Waals surface area contributed by atoms with Gasteiger partial charge in [0.1, 0.15) is 0 Å². The molecule has 5 heteroatoms. The van der Waals surface area contributed by atoms with E-state index in [-0.39, 0.29) is 11.8 Å². The summed E-state index contributed by atoms with van der Waals surface area (Å²) in [5.74, 6) is 0.213. The molecule has 0 amide bonds. The standard InChI is InChI=1S/C9H22N2O2S/c1-4-9(2)11(3)14(12,13)8-6-5-7-10/h9H,4-8,10H2,1-3H3. The fraction of sp³-hybridized carbons (Fsp3) is 1.00. The summed E-state index contributed by atoms with van der Waals surface area (Å²) in [4.78, 5) is 0. The third kappa shape index (κ3) is 4.39. The van der Waals surface area contributed by atoms with E-state index >= 15 is 0 Å². The van der Waals surface area contributed by atoms with Crippen molar-refractivity contribution in [2.24, 2.45) is 5.73 Å². The Hall–Kier alpha value is -0.130. The maximum Gasteiger partial charge on any atom is 0.214 e. The van der Waals surface area contributed by atoms with Crippen molar-refractivity contribution in [2.45, 2.75) is 39.2 Å². The Labute approximate surface area is 87.5 Å². The van der Waals surface area contributed by atoms with Crippen LogP contribution in [0.5, 0.6) is 0 Å². The number of unbranched alkanes of at least 4 members (excludes halogenated alkanes) is 1. The van der Waals surface area contributed by atoms with E-state index in [1.807, 2.05) is 13.8 Å². The van der Waals surface area contributed by atoms with Crippen LogP contribution in [-0.4, -0.2) is 38.1 Å². The molecular weight excluding hydrogens is 200 g/mol. The summed E-state index contributed by atoms with van der Waals surface area (Å²) < 4.78 is 24.8. The number of nitrogens with zero attached hydrogens (tertiary/aromatic N) is 1. The van der Waals surface area contributed by atoms with Gasteiger partial charge in [-0.1, -0.05) is 6.92 Å². The SMILES string of the molecule is CCC(C)N(C)S(=O)(=O)CCCCN. The van der Waals surface area contributed by atoms with Crippen molar-refractivity contribution in [1.82, 2.24) is 4.31 Å². The third-order valence-electron chi connectivity index (χ3n) is 2.51. The lowest BCUT2D eigenvalue weighted by molar-refractivity contribution is 0.380. The molecule has 4 nitrogen and oxygen atoms in total. The van der Waals surface area contributed by atoms with E-state index in [1.54, 1.807) is 7.05 Å². The summed E-state index contributed by atoms with van der Waals surface area (Å²) in [6.07, 6.45) is 2.26. The van der Waals surface area contributed by atoms with E-state index in [2.05, 4.69) is 0 Å². The molecule has 0 bridgehead atoms. The molecule has 0 aliphatic rings. The first-order valence-electron chi connectivity index (χ1n) is 5.11. The third-order valence-corrected chi connectivity index (χ3v) is 4.55. The first kappa shape index (κ1) is 13.9. The fourth-order valence-corrected chi connectivity index (χ4v) is 2.66. The van der Waals surface area contributed by atoms with Crippen molar-refractivity contribution < 1.29 is 8.42 Å². The van der Waals surface area contributed by atoms with Crippen molar-refractivity contribution >= 4 is 10.0 Å². The number of nitrogens with two attached hydrogens (primary N) is 1. The van der Waals surface area contributed by atoms with Gasteiger partial charge in [0.25, 0.3) is 0 Å². The normalized spacial score (nSPS) is 14.6. The van der Waals surface area contributed by atoms with Crippen LogP contribution in [-0.2, 0) is 10.0 Å². The van der Waals surface area contributed by atoms with Crippen molar-refractivity contribution in [3.63, 3.8) is 0 Å².